The molecule has 0 spiro atoms. The summed E-state index contributed by atoms with van der Waals surface area (Å²) in [6, 6.07) is 19.1. The van der Waals surface area contributed by atoms with Gasteiger partial charge in [-0.05, 0) is 48.7 Å². The summed E-state index contributed by atoms with van der Waals surface area (Å²) < 4.78 is 10.6. The van der Waals surface area contributed by atoms with Gasteiger partial charge in [-0.3, -0.25) is 4.79 Å². The van der Waals surface area contributed by atoms with Crippen molar-refractivity contribution in [2.45, 2.75) is 12.8 Å². The molecule has 7 heteroatoms. The van der Waals surface area contributed by atoms with E-state index in [0.717, 1.165) is 28.6 Å². The predicted octanol–water partition coefficient (Wildman–Crippen LogP) is 4.00. The zero-order valence-electron chi connectivity index (χ0n) is 17.2. The smallest absolute Gasteiger partial charge is 0.272 e. The monoisotopic (exact) mass is 414 g/mol. The van der Waals surface area contributed by atoms with Crippen molar-refractivity contribution in [3.8, 4) is 17.2 Å². The zero-order chi connectivity index (χ0) is 21.2. The molecule has 1 aliphatic heterocycles. The lowest BCUT2D eigenvalue weighted by Gasteiger charge is -2.16. The highest BCUT2D eigenvalue weighted by Crippen LogP contribution is 2.25. The van der Waals surface area contributed by atoms with Gasteiger partial charge in [0.25, 0.3) is 11.8 Å². The number of carbonyl (C=O) groups excluding carboxylic acids is 1. The number of para-hydroxylation sites is 1. The minimum absolute atomic E-state index is 0.0275. The first-order chi connectivity index (χ1) is 15.2. The molecule has 0 radical (unpaired) electrons. The second kappa shape index (κ2) is 8.18. The Morgan fingerprint density at radius 3 is 2.77 bits per heavy atom. The summed E-state index contributed by atoms with van der Waals surface area (Å²) >= 11 is 0. The summed E-state index contributed by atoms with van der Waals surface area (Å²) in [7, 11) is 1.63. The van der Waals surface area contributed by atoms with Gasteiger partial charge in [0.15, 0.2) is 5.82 Å². The molecule has 31 heavy (non-hydrogen) atoms. The molecule has 3 heterocycles. The molecule has 1 amide bonds. The minimum atomic E-state index is -0.0275. The van der Waals surface area contributed by atoms with Crippen LogP contribution in [0.5, 0.6) is 5.75 Å². The van der Waals surface area contributed by atoms with Gasteiger partial charge in [0.1, 0.15) is 11.4 Å². The van der Waals surface area contributed by atoms with E-state index in [1.807, 2.05) is 59.5 Å². The van der Waals surface area contributed by atoms with E-state index in [2.05, 4.69) is 15.1 Å². The summed E-state index contributed by atoms with van der Waals surface area (Å²) in [5.74, 6) is 2.20. The Balaban J connectivity index is 1.23. The average Bonchev–Trinajstić information content (AvgIpc) is 3.48. The van der Waals surface area contributed by atoms with Crippen LogP contribution >= 0.6 is 0 Å². The van der Waals surface area contributed by atoms with Gasteiger partial charge in [0, 0.05) is 30.5 Å². The van der Waals surface area contributed by atoms with Crippen LogP contribution in [-0.4, -0.2) is 46.1 Å². The van der Waals surface area contributed by atoms with Gasteiger partial charge in [0.05, 0.1) is 12.6 Å². The maximum absolute atomic E-state index is 12.9. The molecule has 4 aromatic rings. The van der Waals surface area contributed by atoms with Gasteiger partial charge < -0.3 is 14.2 Å². The van der Waals surface area contributed by atoms with Crippen LogP contribution < -0.4 is 4.74 Å². The lowest BCUT2D eigenvalue weighted by Crippen LogP contribution is -2.29. The zero-order valence-corrected chi connectivity index (χ0v) is 17.2. The fourth-order valence-electron chi connectivity index (χ4n) is 3.98. The number of hydrogen-bond acceptors (Lipinski definition) is 6. The Bertz CT molecular complexity index is 1220. The minimum Gasteiger partial charge on any atom is -0.497 e. The standard InChI is InChI=1S/C24H22N4O3/c1-30-19-9-6-18(7-10-19)23-26-22(27-31-23)14-16-12-13-28(15-16)24(29)21-11-8-17-4-2-3-5-20(17)25-21/h2-11,16H,12-15H2,1H3. The number of rotatable bonds is 5. The fourth-order valence-corrected chi connectivity index (χ4v) is 3.98. The topological polar surface area (TPSA) is 81.4 Å². The van der Waals surface area contributed by atoms with E-state index in [-0.39, 0.29) is 5.91 Å². The number of nitrogens with zero attached hydrogens (tertiary/aromatic N) is 4. The van der Waals surface area contributed by atoms with E-state index in [9.17, 15) is 4.79 Å². The number of likely N-dealkylation sites (tertiary alicyclic amines) is 1. The molecule has 1 aliphatic rings. The third kappa shape index (κ3) is 3.99. The summed E-state index contributed by atoms with van der Waals surface area (Å²) in [5, 5.41) is 5.16. The molecule has 5 rings (SSSR count). The highest BCUT2D eigenvalue weighted by molar-refractivity contribution is 5.95. The molecule has 0 saturated carbocycles. The molecule has 0 bridgehead atoms. The number of aromatic nitrogens is 3. The van der Waals surface area contributed by atoms with Crippen LogP contribution in [-0.2, 0) is 6.42 Å². The molecular weight excluding hydrogens is 392 g/mol. The maximum Gasteiger partial charge on any atom is 0.272 e. The van der Waals surface area contributed by atoms with Gasteiger partial charge >= 0.3 is 0 Å². The largest absolute Gasteiger partial charge is 0.497 e. The first kappa shape index (κ1) is 19.2. The van der Waals surface area contributed by atoms with Gasteiger partial charge in [-0.2, -0.15) is 4.98 Å². The lowest BCUT2D eigenvalue weighted by atomic mass is 10.0. The molecule has 7 nitrogen and oxygen atoms in total. The Morgan fingerprint density at radius 1 is 1.10 bits per heavy atom. The number of ether oxygens (including phenoxy) is 1. The number of fused-ring (bicyclic) bond motifs is 1. The van der Waals surface area contributed by atoms with E-state index in [1.54, 1.807) is 13.2 Å². The quantitative estimate of drug-likeness (QED) is 0.491. The number of carbonyl (C=O) groups is 1. The molecule has 156 valence electrons. The molecule has 2 aromatic heterocycles. The number of benzene rings is 2. The number of hydrogen-bond donors (Lipinski definition) is 0. The summed E-state index contributed by atoms with van der Waals surface area (Å²) in [5.41, 5.74) is 2.17. The van der Waals surface area contributed by atoms with Crippen LogP contribution in [0.25, 0.3) is 22.4 Å². The van der Waals surface area contributed by atoms with E-state index < -0.39 is 0 Å². The first-order valence-electron chi connectivity index (χ1n) is 10.3. The first-order valence-corrected chi connectivity index (χ1v) is 10.3. The van der Waals surface area contributed by atoms with Gasteiger partial charge in [-0.25, -0.2) is 4.98 Å². The van der Waals surface area contributed by atoms with Crippen molar-refractivity contribution in [1.29, 1.82) is 0 Å². The molecular formula is C24H22N4O3. The molecule has 1 saturated heterocycles. The van der Waals surface area contributed by atoms with Crippen molar-refractivity contribution in [1.82, 2.24) is 20.0 Å². The Labute approximate surface area is 179 Å². The van der Waals surface area contributed by atoms with Crippen molar-refractivity contribution < 1.29 is 14.1 Å². The second-order valence-electron chi connectivity index (χ2n) is 7.74. The van der Waals surface area contributed by atoms with Gasteiger partial charge in [-0.1, -0.05) is 29.4 Å². The summed E-state index contributed by atoms with van der Waals surface area (Å²) in [6.45, 7) is 1.38. The van der Waals surface area contributed by atoms with Crippen LogP contribution in [0.4, 0.5) is 0 Å². The number of methoxy groups -OCH3 is 1. The van der Waals surface area contributed by atoms with E-state index in [4.69, 9.17) is 9.26 Å². The second-order valence-corrected chi connectivity index (χ2v) is 7.74. The fraction of sp³-hybridized carbons (Fsp3) is 0.250. The van der Waals surface area contributed by atoms with Crippen LogP contribution in [0.3, 0.4) is 0 Å². The van der Waals surface area contributed by atoms with E-state index >= 15 is 0 Å². The predicted molar refractivity (Wildman–Crippen MR) is 116 cm³/mol. The molecule has 0 aliphatic carbocycles. The molecule has 1 unspecified atom stereocenters. The third-order valence-corrected chi connectivity index (χ3v) is 5.67. The SMILES string of the molecule is COc1ccc(-c2nc(CC3CCN(C(=O)c4ccc5ccccc5n4)C3)no2)cc1. The van der Waals surface area contributed by atoms with Crippen molar-refractivity contribution in [2.75, 3.05) is 20.2 Å². The van der Waals surface area contributed by atoms with Crippen LogP contribution in [0.2, 0.25) is 0 Å². The molecule has 2 aromatic carbocycles. The number of amides is 1. The molecule has 1 atom stereocenters. The van der Waals surface area contributed by atoms with Crippen LogP contribution in [0, 0.1) is 5.92 Å². The summed E-state index contributed by atoms with van der Waals surface area (Å²) in [4.78, 5) is 23.9. The Morgan fingerprint density at radius 2 is 1.94 bits per heavy atom. The molecule has 1 fully saturated rings. The Kier molecular flexibility index (Phi) is 5.08. The van der Waals surface area contributed by atoms with Crippen molar-refractivity contribution >= 4 is 16.8 Å². The van der Waals surface area contributed by atoms with E-state index in [1.165, 1.54) is 0 Å². The third-order valence-electron chi connectivity index (χ3n) is 5.67. The van der Waals surface area contributed by atoms with Crippen molar-refractivity contribution in [2.24, 2.45) is 5.92 Å². The number of pyridine rings is 1. The molecule has 0 N–H and O–H groups in total. The summed E-state index contributed by atoms with van der Waals surface area (Å²) in [6.07, 6.45) is 1.58. The highest BCUT2D eigenvalue weighted by Gasteiger charge is 2.29. The Hall–Kier alpha value is -3.74. The van der Waals surface area contributed by atoms with Crippen LogP contribution in [0.1, 0.15) is 22.7 Å². The van der Waals surface area contributed by atoms with Crippen molar-refractivity contribution in [3.63, 3.8) is 0 Å². The maximum atomic E-state index is 12.9. The van der Waals surface area contributed by atoms with E-state index in [0.29, 0.717) is 42.8 Å². The van der Waals surface area contributed by atoms with Gasteiger partial charge in [0.2, 0.25) is 0 Å². The highest BCUT2D eigenvalue weighted by atomic mass is 16.5. The lowest BCUT2D eigenvalue weighted by molar-refractivity contribution is 0.0781. The van der Waals surface area contributed by atoms with Crippen molar-refractivity contribution in [3.05, 3.63) is 72.2 Å². The normalized spacial score (nSPS) is 16.0. The van der Waals surface area contributed by atoms with Gasteiger partial charge in [-0.15, -0.1) is 0 Å². The average molecular weight is 414 g/mol. The van der Waals surface area contributed by atoms with Crippen LogP contribution in [0.15, 0.2) is 65.2 Å².